The zero-order valence-electron chi connectivity index (χ0n) is 12.6. The van der Waals surface area contributed by atoms with E-state index in [-0.39, 0.29) is 0 Å². The first kappa shape index (κ1) is 15.9. The predicted molar refractivity (Wildman–Crippen MR) is 89.3 cm³/mol. The number of ether oxygens (including phenoxy) is 1. The maximum Gasteiger partial charge on any atom is 0.122 e. The van der Waals surface area contributed by atoms with Crippen LogP contribution in [0.5, 0.6) is 5.75 Å². The van der Waals surface area contributed by atoms with Crippen molar-refractivity contribution in [3.05, 3.63) is 64.2 Å². The summed E-state index contributed by atoms with van der Waals surface area (Å²) in [6.45, 7) is 2.75. The smallest absolute Gasteiger partial charge is 0.122 e. The zero-order valence-corrected chi connectivity index (χ0v) is 13.4. The zero-order chi connectivity index (χ0) is 15.2. The summed E-state index contributed by atoms with van der Waals surface area (Å²) in [6.07, 6.45) is 1.85. The maximum atomic E-state index is 6.06. The number of rotatable bonds is 6. The predicted octanol–water partition coefficient (Wildman–Crippen LogP) is 4.20. The van der Waals surface area contributed by atoms with Crippen LogP contribution in [0.2, 0.25) is 5.02 Å². The molecule has 2 rings (SSSR count). The second-order valence-corrected chi connectivity index (χ2v) is 5.63. The molecular formula is C18H22ClNO. The highest BCUT2D eigenvalue weighted by atomic mass is 35.5. The third kappa shape index (κ3) is 3.99. The van der Waals surface area contributed by atoms with Crippen molar-refractivity contribution in [2.75, 3.05) is 13.7 Å². The molecule has 1 unspecified atom stereocenters. The molecule has 0 amide bonds. The average Bonchev–Trinajstić information content (AvgIpc) is 2.52. The van der Waals surface area contributed by atoms with E-state index in [1.165, 1.54) is 16.7 Å². The van der Waals surface area contributed by atoms with Gasteiger partial charge < -0.3 is 10.5 Å². The molecular weight excluding hydrogens is 282 g/mol. The molecule has 0 radical (unpaired) electrons. The van der Waals surface area contributed by atoms with Crippen molar-refractivity contribution in [1.82, 2.24) is 0 Å². The molecule has 0 saturated heterocycles. The largest absolute Gasteiger partial charge is 0.496 e. The second-order valence-electron chi connectivity index (χ2n) is 5.19. The molecule has 0 fully saturated rings. The molecule has 0 aliphatic rings. The summed E-state index contributed by atoms with van der Waals surface area (Å²) in [4.78, 5) is 0. The van der Waals surface area contributed by atoms with Crippen molar-refractivity contribution in [2.24, 2.45) is 5.73 Å². The quantitative estimate of drug-likeness (QED) is 0.868. The molecule has 2 aromatic rings. The minimum atomic E-state index is 0.291. The molecule has 0 aliphatic heterocycles. The molecule has 1 atom stereocenters. The molecule has 0 spiro atoms. The van der Waals surface area contributed by atoms with Crippen molar-refractivity contribution in [3.8, 4) is 5.75 Å². The van der Waals surface area contributed by atoms with Gasteiger partial charge in [-0.05, 0) is 54.3 Å². The van der Waals surface area contributed by atoms with Gasteiger partial charge in [0.05, 0.1) is 7.11 Å². The lowest BCUT2D eigenvalue weighted by Crippen LogP contribution is -2.15. The Morgan fingerprint density at radius 3 is 2.62 bits per heavy atom. The number of benzene rings is 2. The molecule has 2 nitrogen and oxygen atoms in total. The molecule has 0 bridgehead atoms. The number of halogens is 1. The Morgan fingerprint density at radius 2 is 2.00 bits per heavy atom. The monoisotopic (exact) mass is 303 g/mol. The van der Waals surface area contributed by atoms with Crippen molar-refractivity contribution in [2.45, 2.75) is 25.7 Å². The Hall–Kier alpha value is -1.51. The fourth-order valence-electron chi connectivity index (χ4n) is 2.61. The maximum absolute atomic E-state index is 6.06. The Morgan fingerprint density at radius 1 is 1.19 bits per heavy atom. The van der Waals surface area contributed by atoms with Crippen LogP contribution in [0.3, 0.4) is 0 Å². The lowest BCUT2D eigenvalue weighted by atomic mass is 9.90. The van der Waals surface area contributed by atoms with Crippen LogP contribution in [0.15, 0.2) is 42.5 Å². The Balaban J connectivity index is 2.25. The number of hydrogen-bond donors (Lipinski definition) is 1. The van der Waals surface area contributed by atoms with Crippen LogP contribution >= 0.6 is 11.6 Å². The third-order valence-electron chi connectivity index (χ3n) is 3.81. The van der Waals surface area contributed by atoms with Gasteiger partial charge in [-0.25, -0.2) is 0 Å². The summed E-state index contributed by atoms with van der Waals surface area (Å²) >= 11 is 6.06. The van der Waals surface area contributed by atoms with Gasteiger partial charge in [0.2, 0.25) is 0 Å². The minimum Gasteiger partial charge on any atom is -0.496 e. The van der Waals surface area contributed by atoms with E-state index in [0.29, 0.717) is 12.5 Å². The summed E-state index contributed by atoms with van der Waals surface area (Å²) in [6, 6.07) is 14.3. The number of methoxy groups -OCH3 is 1. The van der Waals surface area contributed by atoms with E-state index >= 15 is 0 Å². The van der Waals surface area contributed by atoms with Crippen molar-refractivity contribution < 1.29 is 4.74 Å². The molecule has 21 heavy (non-hydrogen) atoms. The Kier molecular flexibility index (Phi) is 5.66. The summed E-state index contributed by atoms with van der Waals surface area (Å²) in [5.74, 6) is 1.24. The van der Waals surface area contributed by atoms with E-state index < -0.39 is 0 Å². The SMILES string of the molecule is CCc1cc(C(CN)Cc2cccc(Cl)c2)ccc1OC. The van der Waals surface area contributed by atoms with Gasteiger partial charge in [-0.3, -0.25) is 0 Å². The van der Waals surface area contributed by atoms with Crippen LogP contribution in [0.25, 0.3) is 0 Å². The fraction of sp³-hybridized carbons (Fsp3) is 0.333. The van der Waals surface area contributed by atoms with E-state index in [1.54, 1.807) is 7.11 Å². The molecule has 0 heterocycles. The highest BCUT2D eigenvalue weighted by molar-refractivity contribution is 6.30. The van der Waals surface area contributed by atoms with Gasteiger partial charge in [-0.1, -0.05) is 42.8 Å². The Bertz CT molecular complexity index is 598. The van der Waals surface area contributed by atoms with E-state index in [4.69, 9.17) is 22.1 Å². The number of aryl methyl sites for hydroxylation is 1. The molecule has 0 saturated carbocycles. The number of nitrogens with two attached hydrogens (primary N) is 1. The van der Waals surface area contributed by atoms with Crippen molar-refractivity contribution in [3.63, 3.8) is 0 Å². The van der Waals surface area contributed by atoms with Crippen LogP contribution in [-0.2, 0) is 12.8 Å². The summed E-state index contributed by atoms with van der Waals surface area (Å²) in [7, 11) is 1.71. The second kappa shape index (κ2) is 7.48. The van der Waals surface area contributed by atoms with Crippen molar-refractivity contribution in [1.29, 1.82) is 0 Å². The average molecular weight is 304 g/mol. The third-order valence-corrected chi connectivity index (χ3v) is 4.05. The van der Waals surface area contributed by atoms with Gasteiger partial charge in [-0.15, -0.1) is 0 Å². The van der Waals surface area contributed by atoms with Gasteiger partial charge in [0, 0.05) is 10.9 Å². The molecule has 3 heteroatoms. The molecule has 2 aromatic carbocycles. The highest BCUT2D eigenvalue weighted by Gasteiger charge is 2.13. The van der Waals surface area contributed by atoms with Crippen LogP contribution in [0.1, 0.15) is 29.5 Å². The van der Waals surface area contributed by atoms with E-state index in [9.17, 15) is 0 Å². The van der Waals surface area contributed by atoms with Crippen LogP contribution in [0.4, 0.5) is 0 Å². The highest BCUT2D eigenvalue weighted by Crippen LogP contribution is 2.27. The summed E-state index contributed by atoms with van der Waals surface area (Å²) in [5.41, 5.74) is 9.68. The molecule has 0 aliphatic carbocycles. The van der Waals surface area contributed by atoms with Crippen molar-refractivity contribution >= 4 is 11.6 Å². The van der Waals surface area contributed by atoms with Crippen LogP contribution in [-0.4, -0.2) is 13.7 Å². The van der Waals surface area contributed by atoms with E-state index in [2.05, 4.69) is 25.1 Å². The first-order chi connectivity index (χ1) is 10.2. The minimum absolute atomic E-state index is 0.291. The first-order valence-corrected chi connectivity index (χ1v) is 7.67. The Labute approximate surface area is 131 Å². The van der Waals surface area contributed by atoms with Crippen LogP contribution < -0.4 is 10.5 Å². The van der Waals surface area contributed by atoms with E-state index in [1.807, 2.05) is 24.3 Å². The topological polar surface area (TPSA) is 35.2 Å². The van der Waals surface area contributed by atoms with E-state index in [0.717, 1.165) is 23.6 Å². The summed E-state index contributed by atoms with van der Waals surface area (Å²) in [5, 5.41) is 0.771. The normalized spacial score (nSPS) is 12.2. The molecule has 112 valence electrons. The van der Waals surface area contributed by atoms with Gasteiger partial charge in [0.25, 0.3) is 0 Å². The lowest BCUT2D eigenvalue weighted by molar-refractivity contribution is 0.410. The first-order valence-electron chi connectivity index (χ1n) is 7.29. The lowest BCUT2D eigenvalue weighted by Gasteiger charge is -2.18. The molecule has 0 aromatic heterocycles. The van der Waals surface area contributed by atoms with Gasteiger partial charge in [-0.2, -0.15) is 0 Å². The number of hydrogen-bond acceptors (Lipinski definition) is 2. The van der Waals surface area contributed by atoms with Gasteiger partial charge >= 0.3 is 0 Å². The fourth-order valence-corrected chi connectivity index (χ4v) is 2.83. The standard InChI is InChI=1S/C18H22ClNO/c1-3-14-11-15(7-8-18(14)21-2)16(12-20)9-13-5-4-6-17(19)10-13/h4-8,10-11,16H,3,9,12,20H2,1-2H3. The summed E-state index contributed by atoms with van der Waals surface area (Å²) < 4.78 is 5.39. The van der Waals surface area contributed by atoms with Gasteiger partial charge in [0.15, 0.2) is 0 Å². The van der Waals surface area contributed by atoms with Crippen LogP contribution in [0, 0.1) is 0 Å². The molecule has 2 N–H and O–H groups in total. The van der Waals surface area contributed by atoms with Gasteiger partial charge in [0.1, 0.15) is 5.75 Å².